The molecule has 1 aliphatic heterocycles. The third kappa shape index (κ3) is 5.39. The van der Waals surface area contributed by atoms with Gasteiger partial charge in [0.15, 0.2) is 5.71 Å². The first-order valence-electron chi connectivity index (χ1n) is 9.26. The van der Waals surface area contributed by atoms with Crippen LogP contribution in [0.15, 0.2) is 58.7 Å². The smallest absolute Gasteiger partial charge is 0.381 e. The molecule has 0 bridgehead atoms. The Labute approximate surface area is 183 Å². The lowest BCUT2D eigenvalue weighted by Crippen LogP contribution is -2.15. The first-order valence-corrected chi connectivity index (χ1v) is 11.8. The number of non-ortho nitro benzene ring substituents is 1. The van der Waals surface area contributed by atoms with E-state index >= 15 is 0 Å². The molecular formula is C19H19N4O6PS. The Balaban J connectivity index is 2.04. The minimum absolute atomic E-state index is 0.0789. The SMILES string of the molecule is CCOP(=S)(OCC)O/C(=N\N=C1/C(=O)Nc2ccccc21)c1ccc([N+](=O)[O-])cc1. The van der Waals surface area contributed by atoms with Crippen LogP contribution >= 0.6 is 6.72 Å². The number of nitro groups is 1. The highest BCUT2D eigenvalue weighted by atomic mass is 32.5. The highest BCUT2D eigenvalue weighted by Gasteiger charge is 2.27. The maximum absolute atomic E-state index is 12.3. The predicted octanol–water partition coefficient (Wildman–Crippen LogP) is 4.01. The summed E-state index contributed by atoms with van der Waals surface area (Å²) in [5.41, 5.74) is 1.56. The van der Waals surface area contributed by atoms with Crippen LogP contribution in [0.25, 0.3) is 0 Å². The topological polar surface area (TPSA) is 125 Å². The molecule has 162 valence electrons. The summed E-state index contributed by atoms with van der Waals surface area (Å²) in [6, 6.07) is 12.5. The van der Waals surface area contributed by atoms with Gasteiger partial charge in [-0.25, -0.2) is 0 Å². The molecule has 0 aromatic heterocycles. The number of para-hydroxylation sites is 1. The lowest BCUT2D eigenvalue weighted by atomic mass is 10.1. The molecule has 0 atom stereocenters. The van der Waals surface area contributed by atoms with Crippen molar-refractivity contribution in [1.29, 1.82) is 0 Å². The van der Waals surface area contributed by atoms with Crippen LogP contribution in [0.3, 0.4) is 0 Å². The fraction of sp³-hybridized carbons (Fsp3) is 0.211. The summed E-state index contributed by atoms with van der Waals surface area (Å²) in [6.07, 6.45) is 0. The summed E-state index contributed by atoms with van der Waals surface area (Å²) in [4.78, 5) is 22.7. The molecule has 0 radical (unpaired) electrons. The van der Waals surface area contributed by atoms with Gasteiger partial charge in [-0.3, -0.25) is 24.0 Å². The Morgan fingerprint density at radius 1 is 1.13 bits per heavy atom. The molecule has 1 heterocycles. The van der Waals surface area contributed by atoms with E-state index in [1.807, 2.05) is 0 Å². The second-order valence-corrected chi connectivity index (χ2v) is 8.97. The molecule has 0 saturated heterocycles. The number of hydrogen-bond acceptors (Lipinski definition) is 9. The number of amides is 1. The molecule has 2 aromatic carbocycles. The number of anilines is 1. The summed E-state index contributed by atoms with van der Waals surface area (Å²) >= 11 is 5.41. The molecule has 0 aliphatic carbocycles. The predicted molar refractivity (Wildman–Crippen MR) is 120 cm³/mol. The van der Waals surface area contributed by atoms with Crippen LogP contribution in [0.4, 0.5) is 11.4 Å². The van der Waals surface area contributed by atoms with E-state index in [9.17, 15) is 14.9 Å². The van der Waals surface area contributed by atoms with E-state index in [0.29, 0.717) is 16.8 Å². The van der Waals surface area contributed by atoms with Gasteiger partial charge < -0.3 is 9.84 Å². The number of carbonyl (C=O) groups is 1. The number of nitrogens with zero attached hydrogens (tertiary/aromatic N) is 3. The van der Waals surface area contributed by atoms with Crippen LogP contribution in [0, 0.1) is 10.1 Å². The lowest BCUT2D eigenvalue weighted by molar-refractivity contribution is -0.384. The number of nitro benzene ring substituents is 1. The van der Waals surface area contributed by atoms with E-state index in [-0.39, 0.29) is 30.5 Å². The molecule has 0 saturated carbocycles. The first kappa shape index (κ1) is 22.7. The van der Waals surface area contributed by atoms with Crippen molar-refractivity contribution in [1.82, 2.24) is 0 Å². The lowest BCUT2D eigenvalue weighted by Gasteiger charge is -2.21. The monoisotopic (exact) mass is 462 g/mol. The van der Waals surface area contributed by atoms with Crippen molar-refractivity contribution in [2.75, 3.05) is 18.5 Å². The molecule has 2 aromatic rings. The van der Waals surface area contributed by atoms with E-state index in [1.54, 1.807) is 38.1 Å². The van der Waals surface area contributed by atoms with Gasteiger partial charge in [0.2, 0.25) is 5.90 Å². The molecule has 0 unspecified atom stereocenters. The first-order chi connectivity index (χ1) is 14.9. The second kappa shape index (κ2) is 9.88. The van der Waals surface area contributed by atoms with Gasteiger partial charge in [-0.2, -0.15) is 0 Å². The molecule has 12 heteroatoms. The number of nitrogens with one attached hydrogen (secondary N) is 1. The third-order valence-electron chi connectivity index (χ3n) is 3.98. The van der Waals surface area contributed by atoms with E-state index in [4.69, 9.17) is 25.4 Å². The molecule has 3 rings (SSSR count). The van der Waals surface area contributed by atoms with Crippen LogP contribution < -0.4 is 5.32 Å². The normalized spacial score (nSPS) is 15.0. The summed E-state index contributed by atoms with van der Waals surface area (Å²) < 4.78 is 16.8. The Morgan fingerprint density at radius 2 is 1.77 bits per heavy atom. The minimum Gasteiger partial charge on any atom is -0.403 e. The van der Waals surface area contributed by atoms with Crippen molar-refractivity contribution in [2.45, 2.75) is 13.8 Å². The van der Waals surface area contributed by atoms with E-state index in [2.05, 4.69) is 15.5 Å². The van der Waals surface area contributed by atoms with Gasteiger partial charge >= 0.3 is 6.72 Å². The van der Waals surface area contributed by atoms with Crippen LogP contribution in [0.2, 0.25) is 0 Å². The van der Waals surface area contributed by atoms with Crippen molar-refractivity contribution < 1.29 is 23.3 Å². The number of fused-ring (bicyclic) bond motifs is 1. The van der Waals surface area contributed by atoms with Gasteiger partial charge in [0.05, 0.1) is 23.8 Å². The van der Waals surface area contributed by atoms with Gasteiger partial charge in [0.1, 0.15) is 0 Å². The average Bonchev–Trinajstić information content (AvgIpc) is 3.06. The number of carbonyl (C=O) groups excluding carboxylic acids is 1. The largest absolute Gasteiger partial charge is 0.403 e. The number of hydrogen-bond donors (Lipinski definition) is 1. The van der Waals surface area contributed by atoms with Crippen molar-refractivity contribution in [2.24, 2.45) is 10.2 Å². The molecule has 1 aliphatic rings. The van der Waals surface area contributed by atoms with Gasteiger partial charge in [-0.05, 0) is 32.0 Å². The van der Waals surface area contributed by atoms with Gasteiger partial charge in [-0.1, -0.05) is 18.2 Å². The van der Waals surface area contributed by atoms with Crippen LogP contribution in [0.1, 0.15) is 25.0 Å². The molecular weight excluding hydrogens is 443 g/mol. The molecule has 0 fully saturated rings. The summed E-state index contributed by atoms with van der Waals surface area (Å²) in [7, 11) is 0. The third-order valence-corrected chi connectivity index (χ3v) is 6.39. The molecule has 31 heavy (non-hydrogen) atoms. The van der Waals surface area contributed by atoms with Crippen molar-refractivity contribution in [3.63, 3.8) is 0 Å². The number of benzene rings is 2. The Hall–Kier alpha value is -2.98. The van der Waals surface area contributed by atoms with Gasteiger partial charge in [0.25, 0.3) is 11.6 Å². The maximum Gasteiger partial charge on any atom is 0.381 e. The highest BCUT2D eigenvalue weighted by Crippen LogP contribution is 2.50. The van der Waals surface area contributed by atoms with Crippen LogP contribution in [-0.2, 0) is 30.2 Å². The van der Waals surface area contributed by atoms with Crippen molar-refractivity contribution in [3.05, 3.63) is 69.8 Å². The summed E-state index contributed by atoms with van der Waals surface area (Å²) in [5.74, 6) is -0.494. The van der Waals surface area contributed by atoms with E-state index in [0.717, 1.165) is 0 Å². The van der Waals surface area contributed by atoms with Gasteiger partial charge in [-0.15, -0.1) is 10.2 Å². The van der Waals surface area contributed by atoms with Gasteiger partial charge in [0, 0.05) is 35.1 Å². The number of rotatable bonds is 8. The van der Waals surface area contributed by atoms with Crippen molar-refractivity contribution >= 4 is 47.4 Å². The molecule has 0 spiro atoms. The average molecular weight is 462 g/mol. The van der Waals surface area contributed by atoms with E-state index in [1.165, 1.54) is 24.3 Å². The maximum atomic E-state index is 12.3. The highest BCUT2D eigenvalue weighted by molar-refractivity contribution is 8.07. The Bertz CT molecular complexity index is 1090. The van der Waals surface area contributed by atoms with Crippen LogP contribution in [0.5, 0.6) is 0 Å². The zero-order chi connectivity index (χ0) is 22.4. The molecule has 1 N–H and O–H groups in total. The zero-order valence-electron chi connectivity index (χ0n) is 16.7. The summed E-state index contributed by atoms with van der Waals surface area (Å²) in [6.45, 7) is 0.759. The Morgan fingerprint density at radius 3 is 2.39 bits per heavy atom. The Kier molecular flexibility index (Phi) is 7.24. The zero-order valence-corrected chi connectivity index (χ0v) is 18.4. The fourth-order valence-corrected chi connectivity index (χ4v) is 4.67. The van der Waals surface area contributed by atoms with Crippen molar-refractivity contribution in [3.8, 4) is 0 Å². The quantitative estimate of drug-likeness (QED) is 0.207. The molecule has 10 nitrogen and oxygen atoms in total. The van der Waals surface area contributed by atoms with E-state index < -0.39 is 17.5 Å². The molecule has 1 amide bonds. The minimum atomic E-state index is -3.22. The summed E-state index contributed by atoms with van der Waals surface area (Å²) in [5, 5.41) is 21.8. The second-order valence-electron chi connectivity index (χ2n) is 6.03. The fourth-order valence-electron chi connectivity index (χ4n) is 2.66. The van der Waals surface area contributed by atoms with Crippen LogP contribution in [-0.4, -0.2) is 35.7 Å². The standard InChI is InChI=1S/C19H19N4O6PS/c1-3-27-30(31,28-4-2)29-19(13-9-11-14(12-10-13)23(25)26)22-21-17-15-7-5-6-8-16(15)20-18(17)24/h5-12H,3-4H2,1-2H3,(H,20,21,24)/b22-19-.